The Balaban J connectivity index is 1.54. The summed E-state index contributed by atoms with van der Waals surface area (Å²) in [5.41, 5.74) is 4.90. The Hall–Kier alpha value is -2.99. The highest BCUT2D eigenvalue weighted by Gasteiger charge is 2.34. The first-order chi connectivity index (χ1) is 14.6. The van der Waals surface area contributed by atoms with E-state index in [0.717, 1.165) is 66.6 Å². The van der Waals surface area contributed by atoms with E-state index >= 15 is 0 Å². The zero-order valence-electron chi connectivity index (χ0n) is 17.5. The third kappa shape index (κ3) is 3.21. The zero-order valence-corrected chi connectivity index (χ0v) is 17.5. The van der Waals surface area contributed by atoms with Crippen LogP contribution in [-0.4, -0.2) is 52.7 Å². The molecule has 1 atom stereocenters. The first-order valence-electron chi connectivity index (χ1n) is 10.6. The molecule has 6 nitrogen and oxygen atoms in total. The second kappa shape index (κ2) is 7.69. The monoisotopic (exact) mass is 402 g/mol. The van der Waals surface area contributed by atoms with E-state index in [-0.39, 0.29) is 11.9 Å². The zero-order chi connectivity index (χ0) is 20.7. The maximum Gasteiger partial charge on any atom is 0.255 e. The van der Waals surface area contributed by atoms with E-state index < -0.39 is 0 Å². The van der Waals surface area contributed by atoms with Gasteiger partial charge in [0.15, 0.2) is 0 Å². The summed E-state index contributed by atoms with van der Waals surface area (Å²) >= 11 is 0. The summed E-state index contributed by atoms with van der Waals surface area (Å²) in [5, 5.41) is 10.2. The van der Waals surface area contributed by atoms with Gasteiger partial charge < -0.3 is 9.80 Å². The van der Waals surface area contributed by atoms with Crippen LogP contribution in [0, 0.1) is 6.92 Å². The van der Waals surface area contributed by atoms with Gasteiger partial charge in [-0.25, -0.2) is 4.63 Å². The fourth-order valence-corrected chi connectivity index (χ4v) is 4.78. The largest absolute Gasteiger partial charge is 0.330 e. The molecule has 30 heavy (non-hydrogen) atoms. The second-order valence-electron chi connectivity index (χ2n) is 8.34. The van der Waals surface area contributed by atoms with Gasteiger partial charge in [0.05, 0.1) is 6.04 Å². The van der Waals surface area contributed by atoms with Crippen molar-refractivity contribution in [1.82, 2.24) is 20.1 Å². The van der Waals surface area contributed by atoms with Crippen molar-refractivity contribution < 1.29 is 9.42 Å². The van der Waals surface area contributed by atoms with Crippen molar-refractivity contribution in [3.63, 3.8) is 0 Å². The number of benzene rings is 2. The predicted octanol–water partition coefficient (Wildman–Crippen LogP) is 4.23. The van der Waals surface area contributed by atoms with Crippen LogP contribution in [0.2, 0.25) is 0 Å². The molecule has 0 spiro atoms. The van der Waals surface area contributed by atoms with Crippen molar-refractivity contribution in [2.45, 2.75) is 32.2 Å². The van der Waals surface area contributed by atoms with Crippen molar-refractivity contribution in [2.75, 3.05) is 26.7 Å². The number of carbonyl (C=O) groups is 1. The average molecular weight is 402 g/mol. The lowest BCUT2D eigenvalue weighted by Crippen LogP contribution is -2.31. The Bertz CT molecular complexity index is 1130. The van der Waals surface area contributed by atoms with E-state index in [1.165, 1.54) is 11.1 Å². The fraction of sp³-hybridized carbons (Fsp3) is 0.375. The number of amides is 1. The quantitative estimate of drug-likeness (QED) is 0.656. The number of carbonyl (C=O) groups excluding carboxylic acids is 1. The highest BCUT2D eigenvalue weighted by Crippen LogP contribution is 2.36. The van der Waals surface area contributed by atoms with Crippen LogP contribution in [0.5, 0.6) is 0 Å². The molecule has 0 aliphatic carbocycles. The summed E-state index contributed by atoms with van der Waals surface area (Å²) in [5.74, 6) is 0.0556. The van der Waals surface area contributed by atoms with Crippen LogP contribution in [0.1, 0.15) is 52.6 Å². The maximum absolute atomic E-state index is 13.6. The third-order valence-corrected chi connectivity index (χ3v) is 6.43. The molecule has 2 aliphatic heterocycles. The van der Waals surface area contributed by atoms with Crippen LogP contribution in [0.15, 0.2) is 47.1 Å². The summed E-state index contributed by atoms with van der Waals surface area (Å²) < 4.78 is 4.90. The summed E-state index contributed by atoms with van der Waals surface area (Å²) in [6.07, 6.45) is 5.18. The van der Waals surface area contributed by atoms with Crippen LogP contribution in [0.4, 0.5) is 0 Å². The number of aryl methyl sites for hydroxylation is 1. The number of likely N-dealkylation sites (tertiary alicyclic amines) is 1. The Morgan fingerprint density at radius 3 is 2.70 bits per heavy atom. The maximum atomic E-state index is 13.6. The van der Waals surface area contributed by atoms with Gasteiger partial charge in [0.25, 0.3) is 5.91 Å². The number of nitrogens with zero attached hydrogens (tertiary/aromatic N) is 4. The second-order valence-corrected chi connectivity index (χ2v) is 8.34. The molecule has 2 aromatic carbocycles. The molecule has 5 rings (SSSR count). The van der Waals surface area contributed by atoms with Crippen molar-refractivity contribution in [1.29, 1.82) is 0 Å². The fourth-order valence-electron chi connectivity index (χ4n) is 4.78. The van der Waals surface area contributed by atoms with Gasteiger partial charge in [-0.2, -0.15) is 0 Å². The van der Waals surface area contributed by atoms with E-state index in [0.29, 0.717) is 0 Å². The predicted molar refractivity (Wildman–Crippen MR) is 116 cm³/mol. The molecule has 1 amide bonds. The lowest BCUT2D eigenvalue weighted by Gasteiger charge is -2.25. The molecule has 0 bridgehead atoms. The Labute approximate surface area is 176 Å². The molecule has 0 N–H and O–H groups in total. The van der Waals surface area contributed by atoms with Gasteiger partial charge in [-0.1, -0.05) is 46.7 Å². The van der Waals surface area contributed by atoms with Crippen LogP contribution in [0.3, 0.4) is 0 Å². The lowest BCUT2D eigenvalue weighted by molar-refractivity contribution is 0.0732. The molecule has 6 heteroatoms. The number of aromatic nitrogens is 2. The van der Waals surface area contributed by atoms with Crippen LogP contribution in [0.25, 0.3) is 16.3 Å². The topological polar surface area (TPSA) is 62.5 Å². The van der Waals surface area contributed by atoms with Crippen molar-refractivity contribution in [2.24, 2.45) is 0 Å². The van der Waals surface area contributed by atoms with Gasteiger partial charge in [-0.05, 0) is 61.2 Å². The number of fused-ring (bicyclic) bond motifs is 1. The SMILES string of the molecule is Cc1nonc1C1CCCN1C(=O)c1cccc2c(C3=CCN(C)CC3)cccc12. The van der Waals surface area contributed by atoms with Crippen LogP contribution >= 0.6 is 0 Å². The molecule has 3 heterocycles. The number of likely N-dealkylation sites (N-methyl/N-ethyl adjacent to an activating group) is 1. The number of hydrogen-bond acceptors (Lipinski definition) is 5. The van der Waals surface area contributed by atoms with Crippen LogP contribution < -0.4 is 0 Å². The summed E-state index contributed by atoms with van der Waals surface area (Å²) in [6.45, 7) is 4.63. The molecule has 1 saturated heterocycles. The van der Waals surface area contributed by atoms with E-state index in [9.17, 15) is 4.79 Å². The minimum atomic E-state index is -0.0706. The number of hydrogen-bond donors (Lipinski definition) is 0. The van der Waals surface area contributed by atoms with Crippen molar-refractivity contribution in [3.05, 3.63) is 65.0 Å². The van der Waals surface area contributed by atoms with Gasteiger partial charge in [0.2, 0.25) is 0 Å². The Morgan fingerprint density at radius 1 is 1.10 bits per heavy atom. The van der Waals surface area contributed by atoms with Gasteiger partial charge >= 0.3 is 0 Å². The molecular weight excluding hydrogens is 376 g/mol. The Kier molecular flexibility index (Phi) is 4.87. The minimum Gasteiger partial charge on any atom is -0.330 e. The molecule has 1 fully saturated rings. The van der Waals surface area contributed by atoms with Crippen molar-refractivity contribution >= 4 is 22.3 Å². The molecular formula is C24H26N4O2. The third-order valence-electron chi connectivity index (χ3n) is 6.43. The first kappa shape index (κ1) is 19.0. The normalized spacial score (nSPS) is 20.0. The van der Waals surface area contributed by atoms with E-state index in [2.05, 4.69) is 52.6 Å². The summed E-state index contributed by atoms with van der Waals surface area (Å²) in [6, 6.07) is 12.3. The van der Waals surface area contributed by atoms with E-state index in [1.54, 1.807) is 0 Å². The van der Waals surface area contributed by atoms with E-state index in [1.807, 2.05) is 24.0 Å². The van der Waals surface area contributed by atoms with Gasteiger partial charge in [-0.3, -0.25) is 4.79 Å². The molecule has 3 aromatic rings. The number of rotatable bonds is 3. The van der Waals surface area contributed by atoms with Crippen LogP contribution in [-0.2, 0) is 0 Å². The lowest BCUT2D eigenvalue weighted by atomic mass is 9.92. The molecule has 1 aromatic heterocycles. The summed E-state index contributed by atoms with van der Waals surface area (Å²) in [7, 11) is 2.14. The van der Waals surface area contributed by atoms with Gasteiger partial charge in [-0.15, -0.1) is 0 Å². The molecule has 154 valence electrons. The molecule has 0 saturated carbocycles. The Morgan fingerprint density at radius 2 is 1.93 bits per heavy atom. The smallest absolute Gasteiger partial charge is 0.255 e. The van der Waals surface area contributed by atoms with Crippen molar-refractivity contribution in [3.8, 4) is 0 Å². The molecule has 2 aliphatic rings. The summed E-state index contributed by atoms with van der Waals surface area (Å²) in [4.78, 5) is 17.9. The van der Waals surface area contributed by atoms with Gasteiger partial charge in [0.1, 0.15) is 11.4 Å². The minimum absolute atomic E-state index is 0.0556. The molecule has 1 unspecified atom stereocenters. The van der Waals surface area contributed by atoms with Gasteiger partial charge in [0, 0.05) is 25.2 Å². The standard InChI is InChI=1S/C24H26N4O2/c1-16-23(26-30-25-16)22-10-5-13-28(22)24(29)21-9-4-7-19-18(6-3-8-20(19)21)17-11-14-27(2)15-12-17/h3-4,6-9,11,22H,5,10,12-15H2,1-2H3. The average Bonchev–Trinajstić information content (AvgIpc) is 3.41. The first-order valence-corrected chi connectivity index (χ1v) is 10.6. The molecule has 0 radical (unpaired) electrons. The highest BCUT2D eigenvalue weighted by molar-refractivity contribution is 6.09. The van der Waals surface area contributed by atoms with E-state index in [4.69, 9.17) is 4.63 Å². The highest BCUT2D eigenvalue weighted by atomic mass is 16.6.